The molecular weight excluding hydrogens is 396 g/mol. The number of nitrogens with zero attached hydrogens (tertiary/aromatic N) is 6. The molecule has 1 unspecified atom stereocenters. The van der Waals surface area contributed by atoms with Crippen molar-refractivity contribution in [3.63, 3.8) is 0 Å². The molecule has 0 saturated carbocycles. The monoisotopic (exact) mass is 414 g/mol. The predicted octanol–water partition coefficient (Wildman–Crippen LogP) is 3.60. The zero-order valence-electron chi connectivity index (χ0n) is 15.5. The Morgan fingerprint density at radius 2 is 2.04 bits per heavy atom. The lowest BCUT2D eigenvalue weighted by Gasteiger charge is -2.39. The van der Waals surface area contributed by atoms with Gasteiger partial charge < -0.3 is 9.64 Å². The van der Waals surface area contributed by atoms with Crippen LogP contribution in [0.15, 0.2) is 42.9 Å². The Labute approximate surface area is 171 Å². The molecule has 144 valence electrons. The van der Waals surface area contributed by atoms with Crippen molar-refractivity contribution in [3.8, 4) is 11.3 Å². The third-order valence-corrected chi connectivity index (χ3v) is 6.27. The molecule has 7 nitrogen and oxygen atoms in total. The second-order valence-electron chi connectivity index (χ2n) is 7.15. The summed E-state index contributed by atoms with van der Waals surface area (Å²) in [5.74, 6) is 0. The molecule has 1 fully saturated rings. The van der Waals surface area contributed by atoms with Crippen molar-refractivity contribution in [1.82, 2.24) is 24.4 Å². The first-order valence-corrected chi connectivity index (χ1v) is 10.2. The highest BCUT2D eigenvalue weighted by molar-refractivity contribution is 7.20. The minimum atomic E-state index is -0.408. The van der Waals surface area contributed by atoms with Crippen LogP contribution in [0.2, 0.25) is 5.02 Å². The quantitative estimate of drug-likeness (QED) is 0.512. The van der Waals surface area contributed by atoms with Gasteiger partial charge in [-0.1, -0.05) is 35.1 Å². The van der Waals surface area contributed by atoms with E-state index in [9.17, 15) is 0 Å². The Balaban J connectivity index is 1.41. The van der Waals surface area contributed by atoms with Gasteiger partial charge >= 0.3 is 0 Å². The summed E-state index contributed by atoms with van der Waals surface area (Å²) in [6, 6.07) is 7.68. The highest BCUT2D eigenvalue weighted by Crippen LogP contribution is 2.34. The zero-order chi connectivity index (χ0) is 19.3. The van der Waals surface area contributed by atoms with Crippen LogP contribution in [-0.2, 0) is 17.4 Å². The summed E-state index contributed by atoms with van der Waals surface area (Å²) in [7, 11) is 1.92. The molecule has 1 aliphatic rings. The number of benzene rings is 1. The van der Waals surface area contributed by atoms with Gasteiger partial charge in [0.15, 0.2) is 0 Å². The summed E-state index contributed by atoms with van der Waals surface area (Å²) in [5.41, 5.74) is 2.59. The number of aryl methyl sites for hydroxylation is 1. The summed E-state index contributed by atoms with van der Waals surface area (Å²) in [5, 5.41) is 10.7. The molecule has 0 spiro atoms. The summed E-state index contributed by atoms with van der Waals surface area (Å²) in [6.07, 6.45) is 5.84. The van der Waals surface area contributed by atoms with Crippen molar-refractivity contribution < 1.29 is 4.74 Å². The van der Waals surface area contributed by atoms with E-state index in [1.165, 1.54) is 0 Å². The smallest absolute Gasteiger partial charge is 0.214 e. The van der Waals surface area contributed by atoms with E-state index in [4.69, 9.17) is 26.4 Å². The van der Waals surface area contributed by atoms with E-state index < -0.39 is 5.60 Å². The van der Waals surface area contributed by atoms with Gasteiger partial charge in [-0.25, -0.2) is 9.50 Å². The third-order valence-electron chi connectivity index (χ3n) is 5.03. The number of fused-ring (bicyclic) bond motifs is 1. The van der Waals surface area contributed by atoms with Crippen LogP contribution in [0.3, 0.4) is 0 Å². The molecule has 5 rings (SSSR count). The first-order chi connectivity index (χ1) is 13.5. The summed E-state index contributed by atoms with van der Waals surface area (Å²) >= 11 is 7.56. The molecule has 28 heavy (non-hydrogen) atoms. The number of aromatic nitrogens is 5. The number of hydrogen-bond donors (Lipinski definition) is 0. The Morgan fingerprint density at radius 1 is 1.21 bits per heavy atom. The number of hydrogen-bond acceptors (Lipinski definition) is 6. The largest absolute Gasteiger partial charge is 0.367 e. The molecule has 0 bridgehead atoms. The van der Waals surface area contributed by atoms with E-state index >= 15 is 0 Å². The minimum absolute atomic E-state index is 0.408. The summed E-state index contributed by atoms with van der Waals surface area (Å²) < 4.78 is 9.76. The average molecular weight is 415 g/mol. The van der Waals surface area contributed by atoms with Crippen LogP contribution in [0.1, 0.15) is 12.5 Å². The van der Waals surface area contributed by atoms with E-state index in [0.29, 0.717) is 11.6 Å². The van der Waals surface area contributed by atoms with Crippen molar-refractivity contribution in [2.45, 2.75) is 12.5 Å². The van der Waals surface area contributed by atoms with Gasteiger partial charge in [0.25, 0.3) is 0 Å². The van der Waals surface area contributed by atoms with Crippen LogP contribution >= 0.6 is 22.9 Å². The van der Waals surface area contributed by atoms with Crippen molar-refractivity contribution in [2.24, 2.45) is 7.05 Å². The molecule has 1 aliphatic heterocycles. The van der Waals surface area contributed by atoms with Crippen molar-refractivity contribution in [3.05, 3.63) is 53.4 Å². The molecule has 4 heterocycles. The van der Waals surface area contributed by atoms with Gasteiger partial charge in [-0.3, -0.25) is 4.68 Å². The number of imidazole rings is 1. The number of ether oxygens (including phenoxy) is 1. The topological polar surface area (TPSA) is 60.5 Å². The normalized spacial score (nSPS) is 20.2. The SMILES string of the molecule is Cn1cc(C2(C)CN(c3nn4cc(-c5ccc(Cl)cc5)nc4s3)CCO2)cn1. The van der Waals surface area contributed by atoms with Crippen LogP contribution in [-0.4, -0.2) is 44.1 Å². The molecule has 4 aromatic rings. The fraction of sp³-hybridized carbons (Fsp3) is 0.316. The fourth-order valence-corrected chi connectivity index (χ4v) is 4.51. The molecule has 0 N–H and O–H groups in total. The van der Waals surface area contributed by atoms with Crippen LogP contribution in [0.5, 0.6) is 0 Å². The van der Waals surface area contributed by atoms with Gasteiger partial charge in [-0.15, -0.1) is 5.10 Å². The molecule has 1 saturated heterocycles. The molecule has 3 aromatic heterocycles. The van der Waals surface area contributed by atoms with Gasteiger partial charge in [0.05, 0.1) is 31.2 Å². The highest BCUT2D eigenvalue weighted by atomic mass is 35.5. The summed E-state index contributed by atoms with van der Waals surface area (Å²) in [4.78, 5) is 7.86. The maximum Gasteiger partial charge on any atom is 0.214 e. The average Bonchev–Trinajstić information content (AvgIpc) is 3.37. The second kappa shape index (κ2) is 6.58. The minimum Gasteiger partial charge on any atom is -0.367 e. The Bertz CT molecular complexity index is 1100. The molecular formula is C19H19ClN6OS. The molecule has 1 atom stereocenters. The van der Waals surface area contributed by atoms with Crippen LogP contribution in [0, 0.1) is 0 Å². The first kappa shape index (κ1) is 17.7. The lowest BCUT2D eigenvalue weighted by atomic mass is 9.97. The Hall–Kier alpha value is -2.42. The van der Waals surface area contributed by atoms with Crippen LogP contribution in [0.4, 0.5) is 5.13 Å². The lowest BCUT2D eigenvalue weighted by Crippen LogP contribution is -2.48. The standard InChI is InChI=1S/C19H19ClN6OS/c1-19(14-9-21-24(2)10-14)12-25(7-8-27-19)18-23-26-11-16(22-17(26)28-18)13-3-5-15(20)6-4-13/h3-6,9-11H,7-8,12H2,1-2H3. The number of halogens is 1. The Morgan fingerprint density at radius 3 is 2.75 bits per heavy atom. The van der Waals surface area contributed by atoms with Gasteiger partial charge in [0.2, 0.25) is 10.1 Å². The van der Waals surface area contributed by atoms with Gasteiger partial charge in [0, 0.05) is 35.9 Å². The second-order valence-corrected chi connectivity index (χ2v) is 8.52. The van der Waals surface area contributed by atoms with E-state index in [0.717, 1.165) is 40.0 Å². The Kier molecular flexibility index (Phi) is 4.15. The molecule has 0 aliphatic carbocycles. The highest BCUT2D eigenvalue weighted by Gasteiger charge is 2.36. The van der Waals surface area contributed by atoms with Gasteiger partial charge in [0.1, 0.15) is 5.60 Å². The van der Waals surface area contributed by atoms with Crippen LogP contribution in [0.25, 0.3) is 16.2 Å². The fourth-order valence-electron chi connectivity index (χ4n) is 3.48. The predicted molar refractivity (Wildman–Crippen MR) is 110 cm³/mol. The maximum absolute atomic E-state index is 6.11. The summed E-state index contributed by atoms with van der Waals surface area (Å²) in [6.45, 7) is 4.27. The third kappa shape index (κ3) is 3.07. The van der Waals surface area contributed by atoms with E-state index in [1.54, 1.807) is 16.0 Å². The maximum atomic E-state index is 6.11. The van der Waals surface area contributed by atoms with E-state index in [-0.39, 0.29) is 0 Å². The van der Waals surface area contributed by atoms with Crippen molar-refractivity contribution >= 4 is 33.0 Å². The van der Waals surface area contributed by atoms with E-state index in [2.05, 4.69) is 16.9 Å². The number of anilines is 1. The van der Waals surface area contributed by atoms with Gasteiger partial charge in [-0.05, 0) is 19.1 Å². The lowest BCUT2D eigenvalue weighted by molar-refractivity contribution is -0.0466. The van der Waals surface area contributed by atoms with Crippen LogP contribution < -0.4 is 4.90 Å². The molecule has 0 amide bonds. The first-order valence-electron chi connectivity index (χ1n) is 9.00. The number of rotatable bonds is 3. The molecule has 0 radical (unpaired) electrons. The zero-order valence-corrected chi connectivity index (χ0v) is 17.1. The molecule has 1 aromatic carbocycles. The van der Waals surface area contributed by atoms with Gasteiger partial charge in [-0.2, -0.15) is 5.10 Å². The molecule has 9 heteroatoms. The van der Waals surface area contributed by atoms with Crippen molar-refractivity contribution in [1.29, 1.82) is 0 Å². The number of morpholine rings is 1. The van der Waals surface area contributed by atoms with Crippen molar-refractivity contribution in [2.75, 3.05) is 24.6 Å². The van der Waals surface area contributed by atoms with E-state index in [1.807, 2.05) is 54.4 Å².